The summed E-state index contributed by atoms with van der Waals surface area (Å²) < 4.78 is 23.7. The van der Waals surface area contributed by atoms with E-state index in [1.165, 1.54) is 0 Å². The van der Waals surface area contributed by atoms with Crippen LogP contribution in [0.15, 0.2) is 0 Å². The van der Waals surface area contributed by atoms with E-state index in [4.69, 9.17) is 0 Å². The molecule has 0 atom stereocenters. The van der Waals surface area contributed by atoms with E-state index in [1.807, 2.05) is 0 Å². The predicted molar refractivity (Wildman–Crippen MR) is 9.70 cm³/mol. The van der Waals surface area contributed by atoms with Gasteiger partial charge in [-0.1, -0.05) is 0 Å². The van der Waals surface area contributed by atoms with Gasteiger partial charge >= 0.3 is 42.0 Å². The number of hydrogen-bond donors (Lipinski definition) is 0. The van der Waals surface area contributed by atoms with Gasteiger partial charge in [0.25, 0.3) is 0 Å². The van der Waals surface area contributed by atoms with Crippen LogP contribution in [0.4, 0.5) is 0 Å². The fourth-order valence-electron chi connectivity index (χ4n) is 0.340. The minimum atomic E-state index is -3.27. The van der Waals surface area contributed by atoms with Crippen molar-refractivity contribution in [3.05, 3.63) is 0 Å². The average Bonchev–Trinajstić information content (AvgIpc) is 1.24. The normalized spacial score (nSPS) is 34.3. The molecule has 0 N–H and O–H groups in total. The van der Waals surface area contributed by atoms with Crippen LogP contribution in [0.1, 0.15) is 0 Å². The Labute approximate surface area is 42.3 Å². The summed E-state index contributed by atoms with van der Waals surface area (Å²) in [6, 6.07) is 0. The molecule has 0 amide bonds. The van der Waals surface area contributed by atoms with Crippen LogP contribution in [0, 0.1) is 0 Å². The van der Waals surface area contributed by atoms with Crippen molar-refractivity contribution in [2.24, 2.45) is 0 Å². The molecule has 2 bridgehead atoms. The van der Waals surface area contributed by atoms with Crippen molar-refractivity contribution in [2.45, 2.75) is 0 Å². The Bertz CT molecular complexity index is 106. The second-order valence-corrected chi connectivity index (χ2v) is 6.62. The molecule has 4 nitrogen and oxygen atoms in total. The van der Waals surface area contributed by atoms with Crippen molar-refractivity contribution < 1.29 is 26.8 Å². The van der Waals surface area contributed by atoms with Crippen LogP contribution in [0.3, 0.4) is 0 Å². The Morgan fingerprint density at radius 1 is 1.33 bits per heavy atom. The first kappa shape index (κ1) is 3.76. The van der Waals surface area contributed by atoms with E-state index < -0.39 is 30.2 Å². The molecule has 0 saturated carbocycles. The zero-order valence-electron chi connectivity index (χ0n) is 2.66. The molecule has 0 radical (unpaired) electrons. The van der Waals surface area contributed by atoms with Crippen molar-refractivity contribution in [1.29, 1.82) is 0 Å². The molecular weight excluding hydrogens is 142 g/mol. The molecule has 6 heteroatoms. The van der Waals surface area contributed by atoms with Crippen LogP contribution < -0.4 is 0 Å². The molecule has 3 rings (SSSR count). The summed E-state index contributed by atoms with van der Waals surface area (Å²) in [7, 11) is 0. The molecule has 0 aliphatic carbocycles. The van der Waals surface area contributed by atoms with E-state index >= 15 is 0 Å². The molecule has 0 aromatic heterocycles. The van der Waals surface area contributed by atoms with Crippen LogP contribution in [0.2, 0.25) is 0 Å². The van der Waals surface area contributed by atoms with E-state index in [1.54, 1.807) is 0 Å². The van der Waals surface area contributed by atoms with E-state index in [0.717, 1.165) is 0 Å². The van der Waals surface area contributed by atoms with E-state index in [9.17, 15) is 3.67 Å². The molecule has 3 saturated heterocycles. The Morgan fingerprint density at radius 2 is 1.67 bits per heavy atom. The SMILES string of the molecule is [O]=[V]12[O][Al]([O]1)[O]2. The van der Waals surface area contributed by atoms with E-state index in [0.29, 0.717) is 0 Å². The summed E-state index contributed by atoms with van der Waals surface area (Å²) in [5, 5.41) is 0. The quantitative estimate of drug-likeness (QED) is 0.419. The third-order valence-corrected chi connectivity index (χ3v) is 7.98. The molecule has 32 valence electrons. The van der Waals surface area contributed by atoms with Crippen molar-refractivity contribution >= 4 is 15.1 Å². The summed E-state index contributed by atoms with van der Waals surface area (Å²) in [5.74, 6) is 0. The molecule has 0 aromatic rings. The first-order valence-corrected chi connectivity index (χ1v) is 5.13. The molecule has 3 aliphatic rings. The van der Waals surface area contributed by atoms with Gasteiger partial charge in [0.05, 0.1) is 0 Å². The fraction of sp³-hybridized carbons (Fsp3) is 0. The Balaban J connectivity index is 2.39. The third kappa shape index (κ3) is 0.277. The van der Waals surface area contributed by atoms with Gasteiger partial charge in [-0.3, -0.25) is 0 Å². The standard InChI is InChI=1S/Al.4O.V. The fourth-order valence-corrected chi connectivity index (χ4v) is 4.20. The average molecular weight is 142 g/mol. The predicted octanol–water partition coefficient (Wildman–Crippen LogP) is -0.707. The van der Waals surface area contributed by atoms with Gasteiger partial charge in [0, 0.05) is 0 Å². The van der Waals surface area contributed by atoms with E-state index in [-0.39, 0.29) is 0 Å². The minimum absolute atomic E-state index is 1.63. The molecule has 0 aromatic carbocycles. The van der Waals surface area contributed by atoms with Gasteiger partial charge in [-0.05, 0) is 0 Å². The number of rotatable bonds is 0. The molecular formula is AlO4V. The van der Waals surface area contributed by atoms with Gasteiger partial charge in [0.1, 0.15) is 0 Å². The molecule has 0 spiro atoms. The van der Waals surface area contributed by atoms with E-state index in [2.05, 4.69) is 8.14 Å². The molecule has 3 fully saturated rings. The maximum absolute atomic E-state index is 10.2. The van der Waals surface area contributed by atoms with Gasteiger partial charge in [0.15, 0.2) is 0 Å². The summed E-state index contributed by atoms with van der Waals surface area (Å²) >= 11 is -4.90. The van der Waals surface area contributed by atoms with Crippen LogP contribution in [-0.2, 0) is 26.8 Å². The topological polar surface area (TPSA) is 44.8 Å². The molecule has 6 heavy (non-hydrogen) atoms. The first-order chi connectivity index (χ1) is 2.79. The summed E-state index contributed by atoms with van der Waals surface area (Å²) in [4.78, 5) is 0. The van der Waals surface area contributed by atoms with Crippen molar-refractivity contribution in [1.82, 2.24) is 0 Å². The third-order valence-electron chi connectivity index (χ3n) is 0.645. The Morgan fingerprint density at radius 3 is 1.67 bits per heavy atom. The zero-order valence-corrected chi connectivity index (χ0v) is 5.21. The summed E-state index contributed by atoms with van der Waals surface area (Å²) in [5.41, 5.74) is 0. The van der Waals surface area contributed by atoms with Crippen LogP contribution in [0.5, 0.6) is 0 Å². The zero-order chi connectivity index (χ0) is 4.20. The first-order valence-electron chi connectivity index (χ1n) is 1.44. The van der Waals surface area contributed by atoms with Crippen molar-refractivity contribution in [3.63, 3.8) is 0 Å². The Kier molecular flexibility index (Phi) is 0.510. The van der Waals surface area contributed by atoms with Gasteiger partial charge in [0.2, 0.25) is 0 Å². The maximum atomic E-state index is 10.2. The monoisotopic (exact) mass is 142 g/mol. The summed E-state index contributed by atoms with van der Waals surface area (Å²) in [6.45, 7) is 0. The second kappa shape index (κ2) is 0.815. The molecule has 0 unspecified atom stereocenters. The number of hydrogen-bond acceptors (Lipinski definition) is 4. The Hall–Kier alpha value is 0.797. The van der Waals surface area contributed by atoms with Gasteiger partial charge in [-0.25, -0.2) is 0 Å². The van der Waals surface area contributed by atoms with Crippen LogP contribution >= 0.6 is 0 Å². The molecule has 3 heterocycles. The van der Waals surface area contributed by atoms with Gasteiger partial charge < -0.3 is 0 Å². The van der Waals surface area contributed by atoms with Gasteiger partial charge in [-0.2, -0.15) is 0 Å². The summed E-state index contributed by atoms with van der Waals surface area (Å²) in [6.07, 6.45) is 0. The van der Waals surface area contributed by atoms with Crippen molar-refractivity contribution in [3.8, 4) is 0 Å². The van der Waals surface area contributed by atoms with Crippen LogP contribution in [0.25, 0.3) is 0 Å². The van der Waals surface area contributed by atoms with Crippen LogP contribution in [-0.4, -0.2) is 15.1 Å². The van der Waals surface area contributed by atoms with Crippen molar-refractivity contribution in [2.75, 3.05) is 0 Å². The van der Waals surface area contributed by atoms with Gasteiger partial charge in [-0.15, -0.1) is 0 Å². The molecule has 3 aliphatic heterocycles. The second-order valence-electron chi connectivity index (χ2n) is 1.05.